The number of amides is 1. The van der Waals surface area contributed by atoms with Gasteiger partial charge in [0, 0.05) is 18.2 Å². The zero-order valence-corrected chi connectivity index (χ0v) is 12.7. The van der Waals surface area contributed by atoms with Gasteiger partial charge in [-0.15, -0.1) is 0 Å². The number of carbonyl (C=O) groups is 1. The lowest BCUT2D eigenvalue weighted by Gasteiger charge is -2.10. The Morgan fingerprint density at radius 2 is 1.77 bits per heavy atom. The van der Waals surface area contributed by atoms with E-state index in [-0.39, 0.29) is 11.5 Å². The molecule has 0 aliphatic rings. The molecule has 0 heterocycles. The lowest BCUT2D eigenvalue weighted by Crippen LogP contribution is -2.16. The van der Waals surface area contributed by atoms with Crippen molar-refractivity contribution in [3.63, 3.8) is 0 Å². The number of anilines is 2. The summed E-state index contributed by atoms with van der Waals surface area (Å²) in [7, 11) is -3.76. The first-order chi connectivity index (χ1) is 10.4. The van der Waals surface area contributed by atoms with Crippen LogP contribution in [0.1, 0.15) is 12.5 Å². The van der Waals surface area contributed by atoms with Gasteiger partial charge in [0.2, 0.25) is 15.9 Å². The van der Waals surface area contributed by atoms with Crippen LogP contribution in [-0.4, -0.2) is 14.3 Å². The van der Waals surface area contributed by atoms with E-state index in [4.69, 9.17) is 0 Å². The molecule has 0 aromatic heterocycles. The van der Waals surface area contributed by atoms with E-state index in [9.17, 15) is 17.6 Å². The van der Waals surface area contributed by atoms with Crippen LogP contribution < -0.4 is 10.0 Å². The highest BCUT2D eigenvalue weighted by Gasteiger charge is 2.14. The van der Waals surface area contributed by atoms with Crippen LogP contribution in [0.5, 0.6) is 0 Å². The van der Waals surface area contributed by atoms with Crippen molar-refractivity contribution in [2.75, 3.05) is 10.0 Å². The van der Waals surface area contributed by atoms with Crippen molar-refractivity contribution in [3.05, 3.63) is 59.9 Å². The van der Waals surface area contributed by atoms with Crippen molar-refractivity contribution < 1.29 is 17.6 Å². The van der Waals surface area contributed by atoms with Gasteiger partial charge < -0.3 is 5.32 Å². The van der Waals surface area contributed by atoms with E-state index in [2.05, 4.69) is 10.0 Å². The predicted molar refractivity (Wildman–Crippen MR) is 83.4 cm³/mol. The summed E-state index contributed by atoms with van der Waals surface area (Å²) in [5.74, 6) is -1.30. The Morgan fingerprint density at radius 1 is 1.09 bits per heavy atom. The standard InChI is InChI=1S/C15H15FN2O3S/c1-11(19)17-13-6-4-7-14(9-13)18-22(20,21)10-12-5-2-3-8-15(12)16/h2-9,18H,10H2,1H3,(H,17,19). The minimum atomic E-state index is -3.76. The van der Waals surface area contributed by atoms with Crippen LogP contribution in [0.2, 0.25) is 0 Å². The normalized spacial score (nSPS) is 11.0. The van der Waals surface area contributed by atoms with Crippen LogP contribution in [-0.2, 0) is 20.6 Å². The van der Waals surface area contributed by atoms with Crippen molar-refractivity contribution in [1.82, 2.24) is 0 Å². The molecule has 0 saturated heterocycles. The first-order valence-electron chi connectivity index (χ1n) is 6.47. The number of carbonyl (C=O) groups excluding carboxylic acids is 1. The third kappa shape index (κ3) is 4.56. The molecule has 0 bridgehead atoms. The monoisotopic (exact) mass is 322 g/mol. The Kier molecular flexibility index (Phi) is 4.77. The predicted octanol–water partition coefficient (Wildman–Crippen LogP) is 2.73. The topological polar surface area (TPSA) is 75.3 Å². The van der Waals surface area contributed by atoms with E-state index >= 15 is 0 Å². The molecule has 2 aromatic rings. The summed E-state index contributed by atoms with van der Waals surface area (Å²) in [4.78, 5) is 11.0. The highest BCUT2D eigenvalue weighted by atomic mass is 32.2. The molecule has 2 aromatic carbocycles. The second kappa shape index (κ2) is 6.57. The van der Waals surface area contributed by atoms with E-state index < -0.39 is 21.6 Å². The number of halogens is 1. The second-order valence-corrected chi connectivity index (χ2v) is 6.44. The number of benzene rings is 2. The van der Waals surface area contributed by atoms with Gasteiger partial charge in [0.1, 0.15) is 5.82 Å². The molecular weight excluding hydrogens is 307 g/mol. The maximum atomic E-state index is 13.5. The van der Waals surface area contributed by atoms with Crippen molar-refractivity contribution in [2.45, 2.75) is 12.7 Å². The number of nitrogens with one attached hydrogen (secondary N) is 2. The van der Waals surface area contributed by atoms with Gasteiger partial charge in [0.15, 0.2) is 0 Å². The summed E-state index contributed by atoms with van der Waals surface area (Å²) in [5.41, 5.74) is 0.856. The van der Waals surface area contributed by atoms with Crippen LogP contribution in [0.25, 0.3) is 0 Å². The van der Waals surface area contributed by atoms with Crippen LogP contribution >= 0.6 is 0 Å². The lowest BCUT2D eigenvalue weighted by molar-refractivity contribution is -0.114. The second-order valence-electron chi connectivity index (χ2n) is 4.71. The Balaban J connectivity index is 2.15. The van der Waals surface area contributed by atoms with Crippen molar-refractivity contribution in [3.8, 4) is 0 Å². The summed E-state index contributed by atoms with van der Waals surface area (Å²) in [6.07, 6.45) is 0. The highest BCUT2D eigenvalue weighted by Crippen LogP contribution is 2.18. The first-order valence-corrected chi connectivity index (χ1v) is 8.12. The molecule has 7 heteroatoms. The summed E-state index contributed by atoms with van der Waals surface area (Å²) >= 11 is 0. The van der Waals surface area contributed by atoms with E-state index in [1.165, 1.54) is 31.2 Å². The van der Waals surface area contributed by atoms with E-state index in [1.54, 1.807) is 24.3 Å². The van der Waals surface area contributed by atoms with E-state index in [0.29, 0.717) is 11.4 Å². The highest BCUT2D eigenvalue weighted by molar-refractivity contribution is 7.91. The number of rotatable bonds is 5. The SMILES string of the molecule is CC(=O)Nc1cccc(NS(=O)(=O)Cc2ccccc2F)c1. The molecule has 1 amide bonds. The lowest BCUT2D eigenvalue weighted by atomic mass is 10.2. The maximum Gasteiger partial charge on any atom is 0.237 e. The molecule has 5 nitrogen and oxygen atoms in total. The Bertz CT molecular complexity index is 791. The van der Waals surface area contributed by atoms with Gasteiger partial charge in [-0.2, -0.15) is 0 Å². The van der Waals surface area contributed by atoms with E-state index in [1.807, 2.05) is 0 Å². The maximum absolute atomic E-state index is 13.5. The number of hydrogen-bond donors (Lipinski definition) is 2. The van der Waals surface area contributed by atoms with Gasteiger partial charge in [-0.3, -0.25) is 9.52 Å². The summed E-state index contributed by atoms with van der Waals surface area (Å²) in [6.45, 7) is 1.36. The molecule has 22 heavy (non-hydrogen) atoms. The number of hydrogen-bond acceptors (Lipinski definition) is 3. The van der Waals surface area contributed by atoms with Crippen molar-refractivity contribution in [2.24, 2.45) is 0 Å². The Morgan fingerprint density at radius 3 is 2.45 bits per heavy atom. The fourth-order valence-electron chi connectivity index (χ4n) is 1.90. The van der Waals surface area contributed by atoms with Crippen LogP contribution in [0.3, 0.4) is 0 Å². The van der Waals surface area contributed by atoms with E-state index in [0.717, 1.165) is 0 Å². The molecule has 0 radical (unpaired) electrons. The molecule has 116 valence electrons. The zero-order valence-electron chi connectivity index (χ0n) is 11.8. The fourth-order valence-corrected chi connectivity index (χ4v) is 3.10. The Hall–Kier alpha value is -2.41. The molecule has 2 N–H and O–H groups in total. The number of sulfonamides is 1. The quantitative estimate of drug-likeness (QED) is 0.889. The van der Waals surface area contributed by atoms with Gasteiger partial charge >= 0.3 is 0 Å². The van der Waals surface area contributed by atoms with Gasteiger partial charge in [-0.1, -0.05) is 24.3 Å². The molecule has 0 fully saturated rings. The molecule has 0 atom stereocenters. The van der Waals surface area contributed by atoms with Crippen molar-refractivity contribution in [1.29, 1.82) is 0 Å². The minimum absolute atomic E-state index is 0.0908. The smallest absolute Gasteiger partial charge is 0.237 e. The molecule has 0 spiro atoms. The minimum Gasteiger partial charge on any atom is -0.326 e. The van der Waals surface area contributed by atoms with Gasteiger partial charge in [0.25, 0.3) is 0 Å². The average Bonchev–Trinajstić information content (AvgIpc) is 2.40. The largest absolute Gasteiger partial charge is 0.326 e. The van der Waals surface area contributed by atoms with Crippen molar-refractivity contribution >= 4 is 27.3 Å². The van der Waals surface area contributed by atoms with Gasteiger partial charge in [-0.25, -0.2) is 12.8 Å². The fraction of sp³-hybridized carbons (Fsp3) is 0.133. The molecule has 0 saturated carbocycles. The van der Waals surface area contributed by atoms with Gasteiger partial charge in [0.05, 0.1) is 11.4 Å². The molecule has 0 unspecified atom stereocenters. The first kappa shape index (κ1) is 16.0. The molecular formula is C15H15FN2O3S. The average molecular weight is 322 g/mol. The summed E-state index contributed by atoms with van der Waals surface area (Å²) in [5, 5.41) is 2.56. The summed E-state index contributed by atoms with van der Waals surface area (Å²) < 4.78 is 40.1. The zero-order chi connectivity index (χ0) is 16.2. The van der Waals surface area contributed by atoms with Crippen LogP contribution in [0, 0.1) is 5.82 Å². The summed E-state index contributed by atoms with van der Waals surface area (Å²) in [6, 6.07) is 12.0. The van der Waals surface area contributed by atoms with Crippen LogP contribution in [0.15, 0.2) is 48.5 Å². The Labute approximate surface area is 128 Å². The molecule has 0 aliphatic heterocycles. The third-order valence-electron chi connectivity index (χ3n) is 2.76. The molecule has 2 rings (SSSR count). The van der Waals surface area contributed by atoms with Crippen LogP contribution in [0.4, 0.5) is 15.8 Å². The van der Waals surface area contributed by atoms with Gasteiger partial charge in [-0.05, 0) is 24.3 Å². The third-order valence-corrected chi connectivity index (χ3v) is 4.00. The molecule has 0 aliphatic carbocycles.